The molecular weight excluding hydrogens is 315 g/mol. The summed E-state index contributed by atoms with van der Waals surface area (Å²) in [5, 5.41) is 6.27. The Morgan fingerprint density at radius 1 is 0.840 bits per heavy atom. The first-order valence-corrected chi connectivity index (χ1v) is 8.44. The smallest absolute Gasteiger partial charge is 0.399 e. The Hall–Kier alpha value is -2.31. The number of fused-ring (bicyclic) bond motifs is 2. The zero-order chi connectivity index (χ0) is 17.8. The quantitative estimate of drug-likeness (QED) is 0.785. The monoisotopic (exact) mass is 336 g/mol. The number of rotatable bonds is 1. The maximum Gasteiger partial charge on any atom is 0.494 e. The fraction of sp³-hybridized carbons (Fsp3) is 0.316. The van der Waals surface area contributed by atoms with Crippen LogP contribution in [0.15, 0.2) is 42.5 Å². The lowest BCUT2D eigenvalue weighted by molar-refractivity contribution is 0.00578. The van der Waals surface area contributed by atoms with Gasteiger partial charge in [0.2, 0.25) is 0 Å². The van der Waals surface area contributed by atoms with Crippen LogP contribution in [0.5, 0.6) is 0 Å². The molecule has 6 heteroatoms. The first-order valence-electron chi connectivity index (χ1n) is 8.44. The lowest BCUT2D eigenvalue weighted by atomic mass is 9.78. The summed E-state index contributed by atoms with van der Waals surface area (Å²) in [5.74, 6) is -0.132. The van der Waals surface area contributed by atoms with Gasteiger partial charge in [-0.25, -0.2) is 0 Å². The Kier molecular flexibility index (Phi) is 3.46. The molecule has 2 aliphatic heterocycles. The van der Waals surface area contributed by atoms with E-state index >= 15 is 0 Å². The van der Waals surface area contributed by atoms with E-state index in [2.05, 4.69) is 10.6 Å². The Morgan fingerprint density at radius 3 is 2.08 bits per heavy atom. The highest BCUT2D eigenvalue weighted by Gasteiger charge is 2.51. The molecule has 2 aromatic rings. The summed E-state index contributed by atoms with van der Waals surface area (Å²) in [6.07, 6.45) is 0. The van der Waals surface area contributed by atoms with Crippen molar-refractivity contribution in [2.24, 2.45) is 0 Å². The van der Waals surface area contributed by atoms with Gasteiger partial charge in [0.1, 0.15) is 0 Å². The summed E-state index contributed by atoms with van der Waals surface area (Å²) < 4.78 is 12.2. The van der Waals surface area contributed by atoms with Gasteiger partial charge in [-0.05, 0) is 57.4 Å². The number of benzene rings is 2. The maximum atomic E-state index is 12.5. The molecule has 2 aliphatic rings. The Morgan fingerprint density at radius 2 is 1.44 bits per heavy atom. The van der Waals surface area contributed by atoms with Crippen molar-refractivity contribution in [2.75, 3.05) is 10.6 Å². The van der Waals surface area contributed by atoms with E-state index in [-0.39, 0.29) is 5.91 Å². The molecule has 2 aromatic carbocycles. The Balaban J connectivity index is 1.72. The fourth-order valence-corrected chi connectivity index (χ4v) is 3.02. The van der Waals surface area contributed by atoms with Crippen LogP contribution in [0.4, 0.5) is 17.1 Å². The van der Waals surface area contributed by atoms with Gasteiger partial charge in [0.15, 0.2) is 0 Å². The van der Waals surface area contributed by atoms with Gasteiger partial charge in [-0.2, -0.15) is 0 Å². The van der Waals surface area contributed by atoms with Gasteiger partial charge in [-0.15, -0.1) is 0 Å². The lowest BCUT2D eigenvalue weighted by Gasteiger charge is -2.32. The van der Waals surface area contributed by atoms with Crippen LogP contribution in [0.25, 0.3) is 0 Å². The summed E-state index contributed by atoms with van der Waals surface area (Å²) in [7, 11) is -0.460. The molecule has 0 spiro atoms. The van der Waals surface area contributed by atoms with Gasteiger partial charge < -0.3 is 19.9 Å². The minimum absolute atomic E-state index is 0.132. The molecule has 128 valence electrons. The molecule has 4 rings (SSSR count). The third kappa shape index (κ3) is 2.62. The molecule has 0 aromatic heterocycles. The van der Waals surface area contributed by atoms with Crippen molar-refractivity contribution < 1.29 is 14.1 Å². The average Bonchev–Trinajstić information content (AvgIpc) is 2.68. The summed E-state index contributed by atoms with van der Waals surface area (Å²) in [6, 6.07) is 13.3. The van der Waals surface area contributed by atoms with E-state index in [1.54, 1.807) is 0 Å². The van der Waals surface area contributed by atoms with Crippen molar-refractivity contribution in [3.63, 3.8) is 0 Å². The second-order valence-electron chi connectivity index (χ2n) is 7.52. The standard InChI is InChI=1S/C19H21BN2O3/c1-18(2)19(3,4)25-20(24-18)12-9-10-13-16(11-12)21-14-7-5-6-8-15(14)22-17(13)23/h5-11,21H,1-4H3,(H,22,23). The number of nitrogens with one attached hydrogen (secondary N) is 2. The second kappa shape index (κ2) is 5.34. The van der Waals surface area contributed by atoms with Gasteiger partial charge >= 0.3 is 7.12 Å². The van der Waals surface area contributed by atoms with E-state index < -0.39 is 18.3 Å². The molecule has 1 fully saturated rings. The van der Waals surface area contributed by atoms with E-state index in [4.69, 9.17) is 9.31 Å². The predicted octanol–water partition coefficient (Wildman–Crippen LogP) is 3.30. The molecule has 1 amide bonds. The highest BCUT2D eigenvalue weighted by molar-refractivity contribution is 6.62. The van der Waals surface area contributed by atoms with Gasteiger partial charge in [-0.1, -0.05) is 18.2 Å². The van der Waals surface area contributed by atoms with Crippen molar-refractivity contribution in [1.82, 2.24) is 0 Å². The highest BCUT2D eigenvalue weighted by Crippen LogP contribution is 2.37. The molecule has 0 atom stereocenters. The Labute approximate surface area is 147 Å². The van der Waals surface area contributed by atoms with Crippen LogP contribution >= 0.6 is 0 Å². The van der Waals surface area contributed by atoms with E-state index in [9.17, 15) is 4.79 Å². The topological polar surface area (TPSA) is 59.6 Å². The van der Waals surface area contributed by atoms with Crippen molar-refractivity contribution in [3.8, 4) is 0 Å². The zero-order valence-corrected chi connectivity index (χ0v) is 14.8. The summed E-state index contributed by atoms with van der Waals surface area (Å²) in [5.41, 5.74) is 3.05. The van der Waals surface area contributed by atoms with Crippen molar-refractivity contribution >= 4 is 35.6 Å². The number of para-hydroxylation sites is 2. The van der Waals surface area contributed by atoms with Crippen molar-refractivity contribution in [3.05, 3.63) is 48.0 Å². The lowest BCUT2D eigenvalue weighted by Crippen LogP contribution is -2.41. The molecule has 0 unspecified atom stereocenters. The van der Waals surface area contributed by atoms with Gasteiger partial charge in [0, 0.05) is 0 Å². The van der Waals surface area contributed by atoms with Crippen molar-refractivity contribution in [1.29, 1.82) is 0 Å². The third-order valence-electron chi connectivity index (χ3n) is 5.26. The van der Waals surface area contributed by atoms with Crippen LogP contribution in [0, 0.1) is 0 Å². The van der Waals surface area contributed by atoms with E-state index in [1.807, 2.05) is 70.2 Å². The minimum Gasteiger partial charge on any atom is -0.399 e. The van der Waals surface area contributed by atoms with Gasteiger partial charge in [0.25, 0.3) is 5.91 Å². The second-order valence-corrected chi connectivity index (χ2v) is 7.52. The molecule has 0 radical (unpaired) electrons. The average molecular weight is 336 g/mol. The SMILES string of the molecule is CC1(C)OB(c2ccc3c(c2)Nc2ccccc2NC3=O)OC1(C)C. The zero-order valence-electron chi connectivity index (χ0n) is 14.8. The van der Waals surface area contributed by atoms with Crippen LogP contribution in [-0.2, 0) is 9.31 Å². The maximum absolute atomic E-state index is 12.5. The molecule has 0 saturated carbocycles. The summed E-state index contributed by atoms with van der Waals surface area (Å²) >= 11 is 0. The minimum atomic E-state index is -0.460. The molecular formula is C19H21BN2O3. The van der Waals surface area contributed by atoms with Crippen LogP contribution in [0.1, 0.15) is 38.1 Å². The number of carbonyl (C=O) groups excluding carboxylic acids is 1. The number of anilines is 3. The Bertz CT molecular complexity index is 847. The van der Waals surface area contributed by atoms with E-state index in [0.29, 0.717) is 5.56 Å². The molecule has 25 heavy (non-hydrogen) atoms. The first kappa shape index (κ1) is 16.2. The highest BCUT2D eigenvalue weighted by atomic mass is 16.7. The van der Waals surface area contributed by atoms with Crippen LogP contribution in [-0.4, -0.2) is 24.2 Å². The molecule has 2 heterocycles. The number of carbonyl (C=O) groups is 1. The third-order valence-corrected chi connectivity index (χ3v) is 5.26. The van der Waals surface area contributed by atoms with Gasteiger partial charge in [-0.3, -0.25) is 4.79 Å². The first-order chi connectivity index (χ1) is 11.8. The molecule has 0 bridgehead atoms. The number of amides is 1. The molecule has 2 N–H and O–H groups in total. The molecule has 5 nitrogen and oxygen atoms in total. The normalized spacial score (nSPS) is 20.2. The number of hydrogen-bond donors (Lipinski definition) is 2. The van der Waals surface area contributed by atoms with Crippen LogP contribution in [0.2, 0.25) is 0 Å². The predicted molar refractivity (Wildman–Crippen MR) is 99.8 cm³/mol. The van der Waals surface area contributed by atoms with E-state index in [0.717, 1.165) is 22.5 Å². The van der Waals surface area contributed by atoms with Gasteiger partial charge in [0.05, 0.1) is 33.8 Å². The number of hydrogen-bond acceptors (Lipinski definition) is 4. The molecule has 1 saturated heterocycles. The fourth-order valence-electron chi connectivity index (χ4n) is 3.02. The molecule has 0 aliphatic carbocycles. The van der Waals surface area contributed by atoms with Crippen LogP contribution < -0.4 is 16.1 Å². The van der Waals surface area contributed by atoms with E-state index in [1.165, 1.54) is 0 Å². The summed E-state index contributed by atoms with van der Waals surface area (Å²) in [4.78, 5) is 12.5. The summed E-state index contributed by atoms with van der Waals surface area (Å²) in [6.45, 7) is 8.10. The van der Waals surface area contributed by atoms with Crippen LogP contribution in [0.3, 0.4) is 0 Å². The van der Waals surface area contributed by atoms with Crippen molar-refractivity contribution in [2.45, 2.75) is 38.9 Å². The largest absolute Gasteiger partial charge is 0.494 e.